The number of nitrogens with one attached hydrogen (secondary N) is 1. The average Bonchev–Trinajstić information content (AvgIpc) is 2.41. The smallest absolute Gasteiger partial charge is 0.146 e. The van der Waals surface area contributed by atoms with Crippen LogP contribution in [-0.4, -0.2) is 19.6 Å². The molecular weight excluding hydrogens is 239 g/mol. The molecule has 1 aromatic carbocycles. The summed E-state index contributed by atoms with van der Waals surface area (Å²) in [6.07, 6.45) is 3.34. The average molecular weight is 266 g/mol. The Hall–Kier alpha value is -1.09. The Morgan fingerprint density at radius 1 is 1.16 bits per heavy atom. The summed E-state index contributed by atoms with van der Waals surface area (Å²) in [5.41, 5.74) is 1.75. The summed E-state index contributed by atoms with van der Waals surface area (Å²) in [6, 6.07) is 5.60. The van der Waals surface area contributed by atoms with Crippen LogP contribution in [0.1, 0.15) is 45.6 Å². The van der Waals surface area contributed by atoms with E-state index in [4.69, 9.17) is 0 Å². The van der Waals surface area contributed by atoms with Gasteiger partial charge in [0.15, 0.2) is 0 Å². The largest absolute Gasteiger partial charge is 0.369 e. The number of nitrogens with zero attached hydrogens (tertiary/aromatic N) is 1. The molecule has 0 saturated heterocycles. The lowest BCUT2D eigenvalue weighted by atomic mass is 10.1. The minimum absolute atomic E-state index is 0.103. The maximum atomic E-state index is 14.2. The molecule has 0 atom stereocenters. The zero-order valence-electron chi connectivity index (χ0n) is 12.5. The second-order valence-corrected chi connectivity index (χ2v) is 4.90. The zero-order valence-corrected chi connectivity index (χ0v) is 12.5. The van der Waals surface area contributed by atoms with Crippen LogP contribution in [0.3, 0.4) is 0 Å². The van der Waals surface area contributed by atoms with Crippen molar-refractivity contribution in [2.45, 2.75) is 46.6 Å². The highest BCUT2D eigenvalue weighted by atomic mass is 19.1. The van der Waals surface area contributed by atoms with Crippen LogP contribution in [-0.2, 0) is 6.54 Å². The van der Waals surface area contributed by atoms with Crippen molar-refractivity contribution < 1.29 is 4.39 Å². The standard InChI is InChI=1S/C16H27FN2/c1-4-7-11-19(6-3)16-9-8-14(12-15(16)17)13-18-10-5-2/h8-9,12,18H,4-7,10-11,13H2,1-3H3. The van der Waals surface area contributed by atoms with Crippen LogP contribution in [0.5, 0.6) is 0 Å². The van der Waals surface area contributed by atoms with Crippen molar-refractivity contribution in [1.82, 2.24) is 5.32 Å². The second kappa shape index (κ2) is 8.92. The minimum atomic E-state index is -0.103. The van der Waals surface area contributed by atoms with Gasteiger partial charge in [-0.2, -0.15) is 0 Å². The Kier molecular flexibility index (Phi) is 7.49. The molecule has 0 unspecified atom stereocenters. The molecule has 0 aliphatic carbocycles. The molecule has 2 nitrogen and oxygen atoms in total. The molecule has 0 amide bonds. The number of hydrogen-bond donors (Lipinski definition) is 1. The van der Waals surface area contributed by atoms with E-state index in [1.807, 2.05) is 12.1 Å². The third-order valence-corrected chi connectivity index (χ3v) is 3.27. The fraction of sp³-hybridized carbons (Fsp3) is 0.625. The van der Waals surface area contributed by atoms with Crippen molar-refractivity contribution in [3.05, 3.63) is 29.6 Å². The van der Waals surface area contributed by atoms with Crippen LogP contribution in [0.25, 0.3) is 0 Å². The van der Waals surface area contributed by atoms with Gasteiger partial charge in [-0.3, -0.25) is 0 Å². The lowest BCUT2D eigenvalue weighted by molar-refractivity contribution is 0.607. The number of unbranched alkanes of at least 4 members (excludes halogenated alkanes) is 1. The van der Waals surface area contributed by atoms with Gasteiger partial charge < -0.3 is 10.2 Å². The molecule has 0 heterocycles. The number of hydrogen-bond acceptors (Lipinski definition) is 2. The molecule has 0 saturated carbocycles. The molecule has 0 aromatic heterocycles. The van der Waals surface area contributed by atoms with Crippen LogP contribution < -0.4 is 10.2 Å². The molecule has 0 aliphatic rings. The summed E-state index contributed by atoms with van der Waals surface area (Å²) in [7, 11) is 0. The van der Waals surface area contributed by atoms with Crippen LogP contribution >= 0.6 is 0 Å². The molecule has 0 fully saturated rings. The molecule has 0 spiro atoms. The van der Waals surface area contributed by atoms with Crippen molar-refractivity contribution in [2.75, 3.05) is 24.5 Å². The van der Waals surface area contributed by atoms with Gasteiger partial charge in [0, 0.05) is 19.6 Å². The van der Waals surface area contributed by atoms with Crippen LogP contribution in [0, 0.1) is 5.82 Å². The van der Waals surface area contributed by atoms with Gasteiger partial charge >= 0.3 is 0 Å². The fourth-order valence-electron chi connectivity index (χ4n) is 2.12. The summed E-state index contributed by atoms with van der Waals surface area (Å²) in [4.78, 5) is 2.11. The molecule has 0 bridgehead atoms. The van der Waals surface area contributed by atoms with E-state index < -0.39 is 0 Å². The Bertz CT molecular complexity index is 366. The molecular formula is C16H27FN2. The maximum Gasteiger partial charge on any atom is 0.146 e. The first-order chi connectivity index (χ1) is 9.22. The fourth-order valence-corrected chi connectivity index (χ4v) is 2.12. The highest BCUT2D eigenvalue weighted by molar-refractivity contribution is 5.49. The van der Waals surface area contributed by atoms with Gasteiger partial charge in [0.1, 0.15) is 5.82 Å². The minimum Gasteiger partial charge on any atom is -0.369 e. The summed E-state index contributed by atoms with van der Waals surface area (Å²) >= 11 is 0. The zero-order chi connectivity index (χ0) is 14.1. The quantitative estimate of drug-likeness (QED) is 0.681. The molecule has 1 aromatic rings. The van der Waals surface area contributed by atoms with E-state index in [1.165, 1.54) is 0 Å². The van der Waals surface area contributed by atoms with E-state index in [1.54, 1.807) is 6.07 Å². The van der Waals surface area contributed by atoms with E-state index in [0.29, 0.717) is 0 Å². The summed E-state index contributed by atoms with van der Waals surface area (Å²) in [5.74, 6) is -0.103. The first-order valence-electron chi connectivity index (χ1n) is 7.47. The van der Waals surface area contributed by atoms with Crippen molar-refractivity contribution in [2.24, 2.45) is 0 Å². The lowest BCUT2D eigenvalue weighted by Crippen LogP contribution is -2.25. The van der Waals surface area contributed by atoms with Crippen LogP contribution in [0.4, 0.5) is 10.1 Å². The van der Waals surface area contributed by atoms with Gasteiger partial charge in [-0.15, -0.1) is 0 Å². The normalized spacial score (nSPS) is 10.7. The van der Waals surface area contributed by atoms with E-state index in [9.17, 15) is 4.39 Å². The molecule has 0 radical (unpaired) electrons. The molecule has 1 rings (SSSR count). The SMILES string of the molecule is CCCCN(CC)c1ccc(CNCCC)cc1F. The van der Waals surface area contributed by atoms with Gasteiger partial charge in [-0.25, -0.2) is 4.39 Å². The van der Waals surface area contributed by atoms with Crippen molar-refractivity contribution in [1.29, 1.82) is 0 Å². The Labute approximate surface area is 117 Å². The number of benzene rings is 1. The summed E-state index contributed by atoms with van der Waals surface area (Å²) < 4.78 is 14.2. The summed E-state index contributed by atoms with van der Waals surface area (Å²) in [6.45, 7) is 9.86. The maximum absolute atomic E-state index is 14.2. The molecule has 108 valence electrons. The number of halogens is 1. The van der Waals surface area contributed by atoms with Gasteiger partial charge in [-0.1, -0.05) is 26.3 Å². The second-order valence-electron chi connectivity index (χ2n) is 4.90. The first kappa shape index (κ1) is 16.0. The van der Waals surface area contributed by atoms with Gasteiger partial charge in [0.2, 0.25) is 0 Å². The topological polar surface area (TPSA) is 15.3 Å². The Balaban J connectivity index is 2.69. The van der Waals surface area contributed by atoms with Crippen molar-refractivity contribution >= 4 is 5.69 Å². The number of anilines is 1. The highest BCUT2D eigenvalue weighted by Crippen LogP contribution is 2.21. The Morgan fingerprint density at radius 2 is 1.95 bits per heavy atom. The Morgan fingerprint density at radius 3 is 2.53 bits per heavy atom. The van der Waals surface area contributed by atoms with E-state index in [-0.39, 0.29) is 5.82 Å². The predicted octanol–water partition coefficient (Wildman–Crippen LogP) is 3.95. The van der Waals surface area contributed by atoms with Crippen molar-refractivity contribution in [3.8, 4) is 0 Å². The molecule has 1 N–H and O–H groups in total. The third-order valence-electron chi connectivity index (χ3n) is 3.27. The highest BCUT2D eigenvalue weighted by Gasteiger charge is 2.10. The van der Waals surface area contributed by atoms with Crippen LogP contribution in [0.15, 0.2) is 18.2 Å². The van der Waals surface area contributed by atoms with Gasteiger partial charge in [0.05, 0.1) is 5.69 Å². The van der Waals surface area contributed by atoms with Crippen LogP contribution in [0.2, 0.25) is 0 Å². The third kappa shape index (κ3) is 5.19. The monoisotopic (exact) mass is 266 g/mol. The molecule has 0 aliphatic heterocycles. The predicted molar refractivity (Wildman–Crippen MR) is 81.2 cm³/mol. The van der Waals surface area contributed by atoms with Gasteiger partial charge in [0.25, 0.3) is 0 Å². The first-order valence-corrected chi connectivity index (χ1v) is 7.47. The van der Waals surface area contributed by atoms with E-state index in [2.05, 4.69) is 31.0 Å². The van der Waals surface area contributed by atoms with Crippen molar-refractivity contribution in [3.63, 3.8) is 0 Å². The number of rotatable bonds is 9. The van der Waals surface area contributed by atoms with E-state index >= 15 is 0 Å². The molecule has 19 heavy (non-hydrogen) atoms. The lowest BCUT2D eigenvalue weighted by Gasteiger charge is -2.23. The van der Waals surface area contributed by atoms with E-state index in [0.717, 1.165) is 56.7 Å². The van der Waals surface area contributed by atoms with Gasteiger partial charge in [-0.05, 0) is 44.0 Å². The molecule has 3 heteroatoms. The summed E-state index contributed by atoms with van der Waals surface area (Å²) in [5, 5.41) is 3.30.